The molecule has 0 bridgehead atoms. The van der Waals surface area contributed by atoms with E-state index in [0.717, 1.165) is 37.4 Å². The van der Waals surface area contributed by atoms with Crippen molar-refractivity contribution in [2.75, 3.05) is 26.2 Å². The highest BCUT2D eigenvalue weighted by molar-refractivity contribution is 4.93. The van der Waals surface area contributed by atoms with Crippen molar-refractivity contribution in [2.45, 2.75) is 51.6 Å². The van der Waals surface area contributed by atoms with Gasteiger partial charge in [-0.1, -0.05) is 25.4 Å². The number of hydrogen-bond donors (Lipinski definition) is 0. The average molecular weight is 264 g/mol. The fraction of sp³-hybridized carbons (Fsp3) is 0.857. The summed E-state index contributed by atoms with van der Waals surface area (Å²) in [4.78, 5) is 9.60. The maximum atomic E-state index is 5.28. The molecule has 19 heavy (non-hydrogen) atoms. The first-order valence-electron chi connectivity index (χ1n) is 7.51. The van der Waals surface area contributed by atoms with E-state index in [4.69, 9.17) is 4.52 Å². The van der Waals surface area contributed by atoms with Crippen LogP contribution in [0.5, 0.6) is 0 Å². The highest BCUT2D eigenvalue weighted by Gasteiger charge is 2.29. The van der Waals surface area contributed by atoms with Crippen LogP contribution < -0.4 is 0 Å². The molecule has 2 saturated heterocycles. The van der Waals surface area contributed by atoms with E-state index in [0.29, 0.717) is 5.92 Å². The van der Waals surface area contributed by atoms with Crippen LogP contribution in [0.1, 0.15) is 50.7 Å². The minimum absolute atomic E-state index is 0.316. The first-order valence-corrected chi connectivity index (χ1v) is 7.51. The van der Waals surface area contributed by atoms with E-state index in [-0.39, 0.29) is 0 Å². The smallest absolute Gasteiger partial charge is 0.229 e. The van der Waals surface area contributed by atoms with Crippen molar-refractivity contribution in [3.05, 3.63) is 11.7 Å². The molecule has 1 aromatic rings. The summed E-state index contributed by atoms with van der Waals surface area (Å²) in [6, 6.07) is 0.749. The Bertz CT molecular complexity index is 417. The van der Waals surface area contributed by atoms with Gasteiger partial charge in [-0.15, -0.1) is 0 Å². The van der Waals surface area contributed by atoms with E-state index in [1.54, 1.807) is 0 Å². The molecular formula is C14H24N4O. The molecule has 0 spiro atoms. The third-order valence-electron chi connectivity index (χ3n) is 4.26. The van der Waals surface area contributed by atoms with Gasteiger partial charge in [-0.25, -0.2) is 0 Å². The summed E-state index contributed by atoms with van der Waals surface area (Å²) in [5.41, 5.74) is 0. The lowest BCUT2D eigenvalue weighted by molar-refractivity contribution is 0.0441. The van der Waals surface area contributed by atoms with Gasteiger partial charge in [0.25, 0.3) is 0 Å². The first-order chi connectivity index (χ1) is 9.22. The van der Waals surface area contributed by atoms with Gasteiger partial charge in [-0.3, -0.25) is 9.80 Å². The number of rotatable bonds is 3. The third kappa shape index (κ3) is 2.98. The molecule has 0 N–H and O–H groups in total. The Kier molecular flexibility index (Phi) is 3.84. The van der Waals surface area contributed by atoms with Gasteiger partial charge in [0.1, 0.15) is 0 Å². The first kappa shape index (κ1) is 13.1. The molecule has 5 heteroatoms. The van der Waals surface area contributed by atoms with E-state index < -0.39 is 0 Å². The molecule has 1 aromatic heterocycles. The summed E-state index contributed by atoms with van der Waals surface area (Å²) in [6.07, 6.45) is 4.10. The largest absolute Gasteiger partial charge is 0.339 e. The maximum Gasteiger partial charge on any atom is 0.229 e. The Balaban J connectivity index is 1.57. The molecule has 1 atom stereocenters. The van der Waals surface area contributed by atoms with E-state index in [9.17, 15) is 0 Å². The molecule has 2 fully saturated rings. The monoisotopic (exact) mass is 264 g/mol. The van der Waals surface area contributed by atoms with E-state index >= 15 is 0 Å². The van der Waals surface area contributed by atoms with Crippen molar-refractivity contribution in [1.29, 1.82) is 0 Å². The number of piperazine rings is 1. The summed E-state index contributed by atoms with van der Waals surface area (Å²) < 4.78 is 5.28. The normalized spacial score (nSPS) is 25.7. The summed E-state index contributed by atoms with van der Waals surface area (Å²) in [5.74, 6) is 1.91. The average Bonchev–Trinajstić information content (AvgIpc) is 2.87. The van der Waals surface area contributed by atoms with Crippen LogP contribution in [0.25, 0.3) is 0 Å². The highest BCUT2D eigenvalue weighted by Crippen LogP contribution is 2.22. The minimum atomic E-state index is 0.316. The second kappa shape index (κ2) is 5.59. The van der Waals surface area contributed by atoms with Gasteiger partial charge >= 0.3 is 0 Å². The van der Waals surface area contributed by atoms with Crippen LogP contribution in [-0.2, 0) is 6.54 Å². The van der Waals surface area contributed by atoms with Gasteiger partial charge in [-0.2, -0.15) is 4.98 Å². The second-order valence-electron chi connectivity index (χ2n) is 6.12. The number of fused-ring (bicyclic) bond motifs is 1. The molecule has 2 aliphatic rings. The number of aromatic nitrogens is 2. The van der Waals surface area contributed by atoms with Gasteiger partial charge < -0.3 is 4.52 Å². The Morgan fingerprint density at radius 1 is 1.26 bits per heavy atom. The molecular weight excluding hydrogens is 240 g/mol. The highest BCUT2D eigenvalue weighted by atomic mass is 16.5. The molecule has 0 saturated carbocycles. The van der Waals surface area contributed by atoms with Crippen molar-refractivity contribution in [3.8, 4) is 0 Å². The maximum absolute atomic E-state index is 5.28. The molecule has 0 unspecified atom stereocenters. The van der Waals surface area contributed by atoms with Crippen LogP contribution in [0.2, 0.25) is 0 Å². The molecule has 0 radical (unpaired) electrons. The molecule has 106 valence electrons. The molecule has 5 nitrogen and oxygen atoms in total. The van der Waals surface area contributed by atoms with Gasteiger partial charge in [0, 0.05) is 31.6 Å². The summed E-state index contributed by atoms with van der Waals surface area (Å²) in [7, 11) is 0. The van der Waals surface area contributed by atoms with E-state index in [2.05, 4.69) is 33.8 Å². The fourth-order valence-electron chi connectivity index (χ4n) is 3.13. The number of nitrogens with zero attached hydrogens (tertiary/aromatic N) is 4. The van der Waals surface area contributed by atoms with Crippen LogP contribution in [0, 0.1) is 0 Å². The van der Waals surface area contributed by atoms with E-state index in [1.165, 1.54) is 32.4 Å². The molecule has 3 rings (SSSR count). The van der Waals surface area contributed by atoms with Crippen molar-refractivity contribution in [3.63, 3.8) is 0 Å². The Hall–Kier alpha value is -0.940. The zero-order valence-corrected chi connectivity index (χ0v) is 12.0. The van der Waals surface area contributed by atoms with E-state index in [1.807, 2.05) is 0 Å². The zero-order valence-electron chi connectivity index (χ0n) is 12.0. The Labute approximate surface area is 115 Å². The number of piperidine rings is 1. The molecule has 0 aromatic carbocycles. The summed E-state index contributed by atoms with van der Waals surface area (Å²) in [6.45, 7) is 9.77. The van der Waals surface area contributed by atoms with Crippen LogP contribution in [0.4, 0.5) is 0 Å². The summed E-state index contributed by atoms with van der Waals surface area (Å²) >= 11 is 0. The lowest BCUT2D eigenvalue weighted by Gasteiger charge is -2.43. The Morgan fingerprint density at radius 2 is 2.16 bits per heavy atom. The van der Waals surface area contributed by atoms with Gasteiger partial charge in [0.05, 0.1) is 6.54 Å². The van der Waals surface area contributed by atoms with Crippen molar-refractivity contribution in [1.82, 2.24) is 19.9 Å². The molecule has 3 heterocycles. The lowest BCUT2D eigenvalue weighted by Crippen LogP contribution is -2.54. The lowest BCUT2D eigenvalue weighted by atomic mass is 9.99. The zero-order chi connectivity index (χ0) is 13.2. The van der Waals surface area contributed by atoms with Crippen LogP contribution in [-0.4, -0.2) is 52.2 Å². The predicted molar refractivity (Wildman–Crippen MR) is 72.9 cm³/mol. The standard InChI is InChI=1S/C14H24N4O/c1-11(2)14-15-13(16-19-14)10-17-7-8-18-6-4-3-5-12(18)9-17/h11-12H,3-10H2,1-2H3/t12-/m0/s1. The van der Waals surface area contributed by atoms with Crippen molar-refractivity contribution < 1.29 is 4.52 Å². The van der Waals surface area contributed by atoms with Crippen LogP contribution in [0.3, 0.4) is 0 Å². The minimum Gasteiger partial charge on any atom is -0.339 e. The van der Waals surface area contributed by atoms with Gasteiger partial charge in [0.2, 0.25) is 5.89 Å². The molecule has 0 aliphatic carbocycles. The topological polar surface area (TPSA) is 45.4 Å². The van der Waals surface area contributed by atoms with Crippen molar-refractivity contribution in [2.24, 2.45) is 0 Å². The molecule has 2 aliphatic heterocycles. The van der Waals surface area contributed by atoms with Gasteiger partial charge in [-0.05, 0) is 19.4 Å². The fourth-order valence-corrected chi connectivity index (χ4v) is 3.13. The Morgan fingerprint density at radius 3 is 2.95 bits per heavy atom. The third-order valence-corrected chi connectivity index (χ3v) is 4.26. The summed E-state index contributed by atoms with van der Waals surface area (Å²) in [5, 5.41) is 4.09. The van der Waals surface area contributed by atoms with Gasteiger partial charge in [0.15, 0.2) is 5.82 Å². The van der Waals surface area contributed by atoms with Crippen LogP contribution >= 0.6 is 0 Å². The molecule has 0 amide bonds. The quantitative estimate of drug-likeness (QED) is 0.834. The van der Waals surface area contributed by atoms with Crippen molar-refractivity contribution >= 4 is 0 Å². The SMILES string of the molecule is CC(C)c1nc(CN2CCN3CCCC[C@H]3C2)no1. The second-order valence-corrected chi connectivity index (χ2v) is 6.12. The van der Waals surface area contributed by atoms with Crippen LogP contribution in [0.15, 0.2) is 4.52 Å². The predicted octanol–water partition coefficient (Wildman–Crippen LogP) is 1.86. The number of hydrogen-bond acceptors (Lipinski definition) is 5.